The first-order chi connectivity index (χ1) is 16.8. The summed E-state index contributed by atoms with van der Waals surface area (Å²) in [4.78, 5) is 61.5. The third-order valence-corrected chi connectivity index (χ3v) is 5.37. The van der Waals surface area contributed by atoms with Gasteiger partial charge in [-0.1, -0.05) is 44.2 Å². The standard InChI is InChI=1S/C24H37N5O7/c1-13(2)11-18(24(35)36)29-22(33)17(12-15-7-5-4-6-8-15)28-21(32)16(9-10-19(25)31)27-23(34)20(26)14(3)30/h4-8,13-14,16-18,20,30H,9-12,26H2,1-3H3,(H2,25,31)(H,27,34)(H,28,32)(H,29,33)(H,35,36). The monoisotopic (exact) mass is 507 g/mol. The lowest BCUT2D eigenvalue weighted by atomic mass is 10.0. The molecule has 0 spiro atoms. The Balaban J connectivity index is 3.15. The van der Waals surface area contributed by atoms with E-state index < -0.39 is 59.9 Å². The van der Waals surface area contributed by atoms with Crippen molar-refractivity contribution in [3.8, 4) is 0 Å². The molecular weight excluding hydrogens is 470 g/mol. The Kier molecular flexibility index (Phi) is 12.5. The predicted molar refractivity (Wildman–Crippen MR) is 131 cm³/mol. The Morgan fingerprint density at radius 2 is 1.39 bits per heavy atom. The second kappa shape index (κ2) is 14.8. The Hall–Kier alpha value is -3.51. The van der Waals surface area contributed by atoms with Crippen LogP contribution >= 0.6 is 0 Å². The van der Waals surface area contributed by atoms with Crippen molar-refractivity contribution in [2.45, 2.75) is 76.7 Å². The minimum absolute atomic E-state index is 0.0138. The third kappa shape index (κ3) is 10.8. The van der Waals surface area contributed by atoms with Crippen LogP contribution in [0.15, 0.2) is 30.3 Å². The number of carboxylic acid groups (broad SMARTS) is 1. The van der Waals surface area contributed by atoms with Gasteiger partial charge >= 0.3 is 5.97 Å². The maximum Gasteiger partial charge on any atom is 0.326 e. The molecule has 0 aliphatic carbocycles. The number of benzene rings is 1. The highest BCUT2D eigenvalue weighted by Gasteiger charge is 2.31. The molecule has 0 aliphatic rings. The Labute approximate surface area is 210 Å². The van der Waals surface area contributed by atoms with Crippen molar-refractivity contribution < 1.29 is 34.2 Å². The van der Waals surface area contributed by atoms with Gasteiger partial charge in [-0.25, -0.2) is 4.79 Å². The SMILES string of the molecule is CC(C)CC(NC(=O)C(Cc1ccccc1)NC(=O)C(CCC(N)=O)NC(=O)C(N)C(C)O)C(=O)O. The summed E-state index contributed by atoms with van der Waals surface area (Å²) < 4.78 is 0. The van der Waals surface area contributed by atoms with Gasteiger partial charge < -0.3 is 37.6 Å². The van der Waals surface area contributed by atoms with Crippen LogP contribution < -0.4 is 27.4 Å². The molecule has 9 N–H and O–H groups in total. The van der Waals surface area contributed by atoms with Crippen molar-refractivity contribution in [3.63, 3.8) is 0 Å². The number of primary amides is 1. The van der Waals surface area contributed by atoms with Crippen LogP contribution in [0.5, 0.6) is 0 Å². The number of aliphatic hydroxyl groups is 1. The van der Waals surface area contributed by atoms with E-state index in [2.05, 4.69) is 16.0 Å². The van der Waals surface area contributed by atoms with E-state index in [0.29, 0.717) is 5.56 Å². The quantitative estimate of drug-likeness (QED) is 0.152. The molecule has 0 saturated heterocycles. The summed E-state index contributed by atoms with van der Waals surface area (Å²) in [6.07, 6.45) is -1.40. The van der Waals surface area contributed by atoms with E-state index in [0.717, 1.165) is 0 Å². The normalized spacial score (nSPS) is 15.2. The highest BCUT2D eigenvalue weighted by atomic mass is 16.4. The van der Waals surface area contributed by atoms with Crippen LogP contribution in [0.4, 0.5) is 0 Å². The summed E-state index contributed by atoms with van der Waals surface area (Å²) in [6, 6.07) is 3.79. The van der Waals surface area contributed by atoms with Crippen molar-refractivity contribution in [2.75, 3.05) is 0 Å². The van der Waals surface area contributed by atoms with Gasteiger partial charge in [0, 0.05) is 12.8 Å². The molecule has 0 radical (unpaired) electrons. The average molecular weight is 508 g/mol. The zero-order valence-corrected chi connectivity index (χ0v) is 20.8. The lowest BCUT2D eigenvalue weighted by Crippen LogP contribution is -2.58. The first-order valence-corrected chi connectivity index (χ1v) is 11.7. The number of amides is 4. The molecule has 0 heterocycles. The summed E-state index contributed by atoms with van der Waals surface area (Å²) in [5, 5.41) is 26.5. The zero-order valence-electron chi connectivity index (χ0n) is 20.8. The molecule has 1 aromatic rings. The van der Waals surface area contributed by atoms with Gasteiger partial charge in [-0.3, -0.25) is 19.2 Å². The number of hydrogen-bond donors (Lipinski definition) is 7. The van der Waals surface area contributed by atoms with Gasteiger partial charge in [0.25, 0.3) is 0 Å². The van der Waals surface area contributed by atoms with Crippen molar-refractivity contribution in [1.82, 2.24) is 16.0 Å². The highest BCUT2D eigenvalue weighted by molar-refractivity contribution is 5.94. The van der Waals surface area contributed by atoms with Gasteiger partial charge in [-0.15, -0.1) is 0 Å². The summed E-state index contributed by atoms with van der Waals surface area (Å²) >= 11 is 0. The van der Waals surface area contributed by atoms with E-state index in [1.807, 2.05) is 13.8 Å². The number of nitrogens with one attached hydrogen (secondary N) is 3. The molecule has 12 heteroatoms. The van der Waals surface area contributed by atoms with Crippen molar-refractivity contribution >= 4 is 29.6 Å². The smallest absolute Gasteiger partial charge is 0.326 e. The van der Waals surface area contributed by atoms with E-state index in [9.17, 15) is 34.2 Å². The van der Waals surface area contributed by atoms with Crippen molar-refractivity contribution in [2.24, 2.45) is 17.4 Å². The molecule has 0 bridgehead atoms. The molecule has 5 unspecified atom stereocenters. The molecule has 0 aromatic heterocycles. The zero-order chi connectivity index (χ0) is 27.4. The number of aliphatic carboxylic acids is 1. The van der Waals surface area contributed by atoms with E-state index in [1.165, 1.54) is 6.92 Å². The van der Waals surface area contributed by atoms with E-state index in [-0.39, 0.29) is 31.6 Å². The second-order valence-corrected chi connectivity index (χ2v) is 9.11. The molecule has 4 amide bonds. The molecule has 0 fully saturated rings. The fraction of sp³-hybridized carbons (Fsp3) is 0.542. The first kappa shape index (κ1) is 30.5. The molecule has 0 saturated carbocycles. The Bertz CT molecular complexity index is 907. The fourth-order valence-electron chi connectivity index (χ4n) is 3.34. The summed E-state index contributed by atoms with van der Waals surface area (Å²) in [7, 11) is 0. The number of carbonyl (C=O) groups is 5. The number of carboxylic acids is 1. The van der Waals surface area contributed by atoms with Gasteiger partial charge in [0.15, 0.2) is 0 Å². The summed E-state index contributed by atoms with van der Waals surface area (Å²) in [6.45, 7) is 4.93. The lowest BCUT2D eigenvalue weighted by Gasteiger charge is -2.26. The number of hydrogen-bond acceptors (Lipinski definition) is 7. The molecule has 5 atom stereocenters. The number of rotatable bonds is 15. The van der Waals surface area contributed by atoms with E-state index >= 15 is 0 Å². The largest absolute Gasteiger partial charge is 0.480 e. The third-order valence-electron chi connectivity index (χ3n) is 5.37. The van der Waals surface area contributed by atoms with Gasteiger partial charge in [0.05, 0.1) is 6.10 Å². The van der Waals surface area contributed by atoms with E-state index in [4.69, 9.17) is 11.5 Å². The first-order valence-electron chi connectivity index (χ1n) is 11.7. The van der Waals surface area contributed by atoms with Gasteiger partial charge in [0.2, 0.25) is 23.6 Å². The van der Waals surface area contributed by atoms with Gasteiger partial charge in [0.1, 0.15) is 24.2 Å². The van der Waals surface area contributed by atoms with Crippen LogP contribution in [0.1, 0.15) is 45.6 Å². The average Bonchev–Trinajstić information content (AvgIpc) is 2.80. The molecule has 200 valence electrons. The molecular formula is C24H37N5O7. The van der Waals surface area contributed by atoms with Crippen LogP contribution in [-0.4, -0.2) is 70.1 Å². The summed E-state index contributed by atoms with van der Waals surface area (Å²) in [5.74, 6) is -4.28. The maximum absolute atomic E-state index is 13.1. The number of nitrogens with two attached hydrogens (primary N) is 2. The van der Waals surface area contributed by atoms with Crippen LogP contribution in [0.3, 0.4) is 0 Å². The topological polar surface area (TPSA) is 214 Å². The van der Waals surface area contributed by atoms with Gasteiger partial charge in [-0.2, -0.15) is 0 Å². The number of carbonyl (C=O) groups excluding carboxylic acids is 4. The molecule has 12 nitrogen and oxygen atoms in total. The predicted octanol–water partition coefficient (Wildman–Crippen LogP) is -1.21. The minimum atomic E-state index is -1.33. The van der Waals surface area contributed by atoms with Crippen LogP contribution in [-0.2, 0) is 30.4 Å². The van der Waals surface area contributed by atoms with Crippen LogP contribution in [0.2, 0.25) is 0 Å². The van der Waals surface area contributed by atoms with Crippen LogP contribution in [0.25, 0.3) is 0 Å². The minimum Gasteiger partial charge on any atom is -0.480 e. The van der Waals surface area contributed by atoms with Crippen molar-refractivity contribution in [3.05, 3.63) is 35.9 Å². The second-order valence-electron chi connectivity index (χ2n) is 9.11. The number of aliphatic hydroxyl groups excluding tert-OH is 1. The Morgan fingerprint density at radius 3 is 1.89 bits per heavy atom. The molecule has 1 aromatic carbocycles. The Morgan fingerprint density at radius 1 is 0.861 bits per heavy atom. The summed E-state index contributed by atoms with van der Waals surface area (Å²) in [5.41, 5.74) is 11.5. The van der Waals surface area contributed by atoms with Crippen LogP contribution in [0, 0.1) is 5.92 Å². The fourth-order valence-corrected chi connectivity index (χ4v) is 3.34. The van der Waals surface area contributed by atoms with E-state index in [1.54, 1.807) is 30.3 Å². The molecule has 1 rings (SSSR count). The molecule has 0 aliphatic heterocycles. The lowest BCUT2D eigenvalue weighted by molar-refractivity contribution is -0.142. The highest BCUT2D eigenvalue weighted by Crippen LogP contribution is 2.09. The molecule has 36 heavy (non-hydrogen) atoms. The van der Waals surface area contributed by atoms with Crippen molar-refractivity contribution in [1.29, 1.82) is 0 Å². The van der Waals surface area contributed by atoms with Gasteiger partial charge in [-0.05, 0) is 31.2 Å². The maximum atomic E-state index is 13.1.